The van der Waals surface area contributed by atoms with Crippen LogP contribution in [0.1, 0.15) is 5.56 Å². The van der Waals surface area contributed by atoms with E-state index in [4.69, 9.17) is 0 Å². The molecule has 1 nitrogen and oxygen atoms in total. The van der Waals surface area contributed by atoms with E-state index in [1.54, 1.807) is 0 Å². The molecule has 0 spiro atoms. The molecule has 0 saturated heterocycles. The predicted molar refractivity (Wildman–Crippen MR) is 52.0 cm³/mol. The average molecular weight is 167 g/mol. The zero-order valence-corrected chi connectivity index (χ0v) is 7.35. The van der Waals surface area contributed by atoms with Gasteiger partial charge in [-0.05, 0) is 18.5 Å². The molecular formula is C9H13NS. The van der Waals surface area contributed by atoms with Gasteiger partial charge >= 0.3 is 0 Å². The Labute approximate surface area is 73.2 Å². The van der Waals surface area contributed by atoms with Crippen LogP contribution in [0.4, 0.5) is 0 Å². The lowest BCUT2D eigenvalue weighted by Gasteiger charge is -2.00. The molecule has 1 aromatic carbocycles. The van der Waals surface area contributed by atoms with Crippen molar-refractivity contribution in [2.45, 2.75) is 6.42 Å². The molecule has 0 atom stereocenters. The Kier molecular flexibility index (Phi) is 4.09. The first-order chi connectivity index (χ1) is 5.43. The van der Waals surface area contributed by atoms with Crippen LogP contribution >= 0.6 is 12.6 Å². The largest absolute Gasteiger partial charge is 0.308 e. The molecule has 0 bridgehead atoms. The minimum atomic E-state index is 0.757. The van der Waals surface area contributed by atoms with Crippen LogP contribution in [0.3, 0.4) is 0 Å². The van der Waals surface area contributed by atoms with Crippen molar-refractivity contribution in [3.63, 3.8) is 0 Å². The van der Waals surface area contributed by atoms with Crippen LogP contribution in [-0.2, 0) is 6.42 Å². The van der Waals surface area contributed by atoms with Crippen LogP contribution in [0, 0.1) is 0 Å². The second-order valence-corrected chi connectivity index (χ2v) is 2.71. The van der Waals surface area contributed by atoms with Crippen molar-refractivity contribution in [1.29, 1.82) is 0 Å². The Morgan fingerprint density at radius 1 is 1.18 bits per heavy atom. The smallest absolute Gasteiger partial charge is 0.0387 e. The van der Waals surface area contributed by atoms with Crippen molar-refractivity contribution >= 4 is 12.6 Å². The molecular weight excluding hydrogens is 154 g/mol. The Balaban J connectivity index is 2.28. The highest BCUT2D eigenvalue weighted by Gasteiger charge is 1.88. The van der Waals surface area contributed by atoms with E-state index >= 15 is 0 Å². The van der Waals surface area contributed by atoms with E-state index in [1.165, 1.54) is 5.56 Å². The number of hydrogen-bond acceptors (Lipinski definition) is 2. The third-order valence-corrected chi connectivity index (χ3v) is 1.77. The van der Waals surface area contributed by atoms with E-state index in [0.717, 1.165) is 18.8 Å². The lowest BCUT2D eigenvalue weighted by atomic mass is 10.2. The van der Waals surface area contributed by atoms with Gasteiger partial charge in [0.2, 0.25) is 0 Å². The molecule has 0 aliphatic rings. The Bertz CT molecular complexity index is 186. The molecule has 1 N–H and O–H groups in total. The minimum Gasteiger partial charge on any atom is -0.308 e. The van der Waals surface area contributed by atoms with E-state index in [2.05, 4.69) is 42.2 Å². The lowest BCUT2D eigenvalue weighted by Crippen LogP contribution is -2.14. The summed E-state index contributed by atoms with van der Waals surface area (Å²) in [5, 5.41) is 3.16. The molecule has 0 unspecified atom stereocenters. The van der Waals surface area contributed by atoms with Crippen molar-refractivity contribution in [3.05, 3.63) is 35.9 Å². The van der Waals surface area contributed by atoms with Gasteiger partial charge in [0.15, 0.2) is 0 Å². The van der Waals surface area contributed by atoms with E-state index in [-0.39, 0.29) is 0 Å². The number of rotatable bonds is 4. The highest BCUT2D eigenvalue weighted by molar-refractivity contribution is 7.80. The zero-order valence-electron chi connectivity index (χ0n) is 6.46. The van der Waals surface area contributed by atoms with Gasteiger partial charge in [0.25, 0.3) is 0 Å². The van der Waals surface area contributed by atoms with E-state index in [9.17, 15) is 0 Å². The molecule has 0 heterocycles. The summed E-state index contributed by atoms with van der Waals surface area (Å²) < 4.78 is 0. The van der Waals surface area contributed by atoms with Gasteiger partial charge in [-0.25, -0.2) is 0 Å². The minimum absolute atomic E-state index is 0.757. The fourth-order valence-corrected chi connectivity index (χ4v) is 1.11. The molecule has 60 valence electrons. The summed E-state index contributed by atoms with van der Waals surface area (Å²) in [7, 11) is 0. The summed E-state index contributed by atoms with van der Waals surface area (Å²) in [4.78, 5) is 0. The molecule has 2 heteroatoms. The van der Waals surface area contributed by atoms with Crippen LogP contribution in [0.25, 0.3) is 0 Å². The second-order valence-electron chi connectivity index (χ2n) is 2.39. The molecule has 0 aromatic heterocycles. The first-order valence-corrected chi connectivity index (χ1v) is 4.42. The summed E-state index contributed by atoms with van der Waals surface area (Å²) in [6.07, 6.45) is 1.08. The number of benzene rings is 1. The van der Waals surface area contributed by atoms with Crippen LogP contribution in [0.2, 0.25) is 0 Å². The number of hydrogen-bond donors (Lipinski definition) is 2. The Morgan fingerprint density at radius 3 is 2.55 bits per heavy atom. The maximum absolute atomic E-state index is 4.06. The Morgan fingerprint density at radius 2 is 1.91 bits per heavy atom. The average Bonchev–Trinajstić information content (AvgIpc) is 2.07. The van der Waals surface area contributed by atoms with Gasteiger partial charge in [-0.15, -0.1) is 0 Å². The van der Waals surface area contributed by atoms with Gasteiger partial charge in [-0.3, -0.25) is 0 Å². The van der Waals surface area contributed by atoms with Gasteiger partial charge < -0.3 is 5.32 Å². The molecule has 0 amide bonds. The molecule has 0 aliphatic carbocycles. The molecule has 0 saturated carbocycles. The lowest BCUT2D eigenvalue weighted by molar-refractivity contribution is 0.776. The predicted octanol–water partition coefficient (Wildman–Crippen LogP) is 1.71. The number of nitrogens with one attached hydrogen (secondary N) is 1. The number of thiol groups is 1. The summed E-state index contributed by atoms with van der Waals surface area (Å²) in [5.74, 6) is 0.757. The molecule has 1 aromatic rings. The molecule has 0 radical (unpaired) electrons. The molecule has 11 heavy (non-hydrogen) atoms. The second kappa shape index (κ2) is 5.22. The van der Waals surface area contributed by atoms with Crippen molar-refractivity contribution in [2.75, 3.05) is 12.4 Å². The van der Waals surface area contributed by atoms with Crippen LogP contribution < -0.4 is 5.32 Å². The van der Waals surface area contributed by atoms with Crippen molar-refractivity contribution in [3.8, 4) is 0 Å². The fraction of sp³-hybridized carbons (Fsp3) is 0.333. The van der Waals surface area contributed by atoms with E-state index in [0.29, 0.717) is 0 Å². The van der Waals surface area contributed by atoms with Gasteiger partial charge in [-0.1, -0.05) is 30.3 Å². The first kappa shape index (κ1) is 8.62. The van der Waals surface area contributed by atoms with Crippen LogP contribution in [-0.4, -0.2) is 12.4 Å². The first-order valence-electron chi connectivity index (χ1n) is 3.79. The van der Waals surface area contributed by atoms with Crippen LogP contribution in [0.5, 0.6) is 0 Å². The molecule has 0 fully saturated rings. The van der Waals surface area contributed by atoms with Gasteiger partial charge in [0.1, 0.15) is 0 Å². The SMILES string of the molecule is SCNCCc1ccccc1. The maximum atomic E-state index is 4.06. The van der Waals surface area contributed by atoms with E-state index in [1.807, 2.05) is 6.07 Å². The summed E-state index contributed by atoms with van der Waals surface area (Å²) in [6, 6.07) is 10.4. The van der Waals surface area contributed by atoms with Crippen molar-refractivity contribution < 1.29 is 0 Å². The topological polar surface area (TPSA) is 12.0 Å². The van der Waals surface area contributed by atoms with Crippen molar-refractivity contribution in [2.24, 2.45) is 0 Å². The molecule has 1 rings (SSSR count). The quantitative estimate of drug-likeness (QED) is 0.395. The third kappa shape index (κ3) is 3.44. The van der Waals surface area contributed by atoms with Crippen molar-refractivity contribution in [1.82, 2.24) is 5.32 Å². The summed E-state index contributed by atoms with van der Waals surface area (Å²) >= 11 is 4.06. The van der Waals surface area contributed by atoms with Gasteiger partial charge in [0, 0.05) is 5.88 Å². The highest BCUT2D eigenvalue weighted by atomic mass is 32.1. The summed E-state index contributed by atoms with van der Waals surface area (Å²) in [6.45, 7) is 1.01. The van der Waals surface area contributed by atoms with E-state index < -0.39 is 0 Å². The van der Waals surface area contributed by atoms with Gasteiger partial charge in [0.05, 0.1) is 0 Å². The highest BCUT2D eigenvalue weighted by Crippen LogP contribution is 1.97. The normalized spacial score (nSPS) is 9.91. The molecule has 0 aliphatic heterocycles. The maximum Gasteiger partial charge on any atom is 0.0387 e. The monoisotopic (exact) mass is 167 g/mol. The zero-order chi connectivity index (χ0) is 7.94. The standard InChI is InChI=1S/C9H13NS/c11-8-10-7-6-9-4-2-1-3-5-9/h1-5,10-11H,6-8H2. The van der Waals surface area contributed by atoms with Crippen LogP contribution in [0.15, 0.2) is 30.3 Å². The fourth-order valence-electron chi connectivity index (χ4n) is 0.956. The third-order valence-electron chi connectivity index (χ3n) is 1.55. The Hall–Kier alpha value is -0.470. The van der Waals surface area contributed by atoms with Gasteiger partial charge in [-0.2, -0.15) is 12.6 Å². The summed E-state index contributed by atoms with van der Waals surface area (Å²) in [5.41, 5.74) is 1.38.